The van der Waals surface area contributed by atoms with Crippen LogP contribution in [0.25, 0.3) is 0 Å². The van der Waals surface area contributed by atoms with E-state index in [0.29, 0.717) is 13.0 Å². The van der Waals surface area contributed by atoms with Gasteiger partial charge in [0, 0.05) is 17.8 Å². The number of aromatic nitrogens is 2. The third kappa shape index (κ3) is 2.96. The van der Waals surface area contributed by atoms with Crippen LogP contribution in [0.15, 0.2) is 18.2 Å². The number of hydrogen-bond donors (Lipinski definition) is 3. The highest BCUT2D eigenvalue weighted by Gasteiger charge is 2.10. The third-order valence-electron chi connectivity index (χ3n) is 3.15. The zero-order chi connectivity index (χ0) is 14.7. The number of aromatic amines is 1. The van der Waals surface area contributed by atoms with Gasteiger partial charge in [-0.2, -0.15) is 5.10 Å². The summed E-state index contributed by atoms with van der Waals surface area (Å²) in [5.41, 5.74) is 3.20. The molecule has 0 saturated carbocycles. The van der Waals surface area contributed by atoms with Crippen LogP contribution in [0.1, 0.15) is 27.3 Å². The van der Waals surface area contributed by atoms with E-state index in [9.17, 15) is 14.3 Å². The van der Waals surface area contributed by atoms with E-state index in [1.54, 1.807) is 0 Å². The molecule has 0 aliphatic carbocycles. The summed E-state index contributed by atoms with van der Waals surface area (Å²) in [6, 6.07) is 3.51. The van der Waals surface area contributed by atoms with Crippen molar-refractivity contribution < 1.29 is 14.3 Å². The van der Waals surface area contributed by atoms with Gasteiger partial charge in [0.25, 0.3) is 5.91 Å². The highest BCUT2D eigenvalue weighted by Crippen LogP contribution is 2.16. The number of rotatable bonds is 4. The lowest BCUT2D eigenvalue weighted by molar-refractivity contribution is 0.0953. The van der Waals surface area contributed by atoms with Crippen LogP contribution in [-0.4, -0.2) is 27.8 Å². The number of benzene rings is 1. The van der Waals surface area contributed by atoms with E-state index >= 15 is 0 Å². The van der Waals surface area contributed by atoms with Gasteiger partial charge in [0.2, 0.25) is 0 Å². The number of carbonyl (C=O) groups is 1. The maximum absolute atomic E-state index is 12.9. The Balaban J connectivity index is 1.94. The predicted molar refractivity (Wildman–Crippen MR) is 72.2 cm³/mol. The molecule has 0 spiro atoms. The number of halogens is 1. The summed E-state index contributed by atoms with van der Waals surface area (Å²) in [5.74, 6) is -1.62. The van der Waals surface area contributed by atoms with Gasteiger partial charge < -0.3 is 10.4 Å². The van der Waals surface area contributed by atoms with Crippen molar-refractivity contribution in [1.29, 1.82) is 0 Å². The lowest BCUT2D eigenvalue weighted by Crippen LogP contribution is -2.25. The average Bonchev–Trinajstić information content (AvgIpc) is 2.73. The summed E-state index contributed by atoms with van der Waals surface area (Å²) < 4.78 is 12.9. The molecule has 0 atom stereocenters. The maximum Gasteiger partial charge on any atom is 0.251 e. The van der Waals surface area contributed by atoms with Crippen LogP contribution in [-0.2, 0) is 6.42 Å². The molecule has 0 aliphatic rings. The largest absolute Gasteiger partial charge is 0.505 e. The summed E-state index contributed by atoms with van der Waals surface area (Å²) in [4.78, 5) is 11.8. The number of nitrogens with zero attached hydrogens (tertiary/aromatic N) is 1. The predicted octanol–water partition coefficient (Wildman–Crippen LogP) is 1.84. The Bertz CT molecular complexity index is 618. The van der Waals surface area contributed by atoms with Gasteiger partial charge in [0.1, 0.15) is 0 Å². The van der Waals surface area contributed by atoms with E-state index in [4.69, 9.17) is 0 Å². The number of hydrogen-bond acceptors (Lipinski definition) is 3. The molecule has 1 aromatic heterocycles. The van der Waals surface area contributed by atoms with Crippen LogP contribution in [0.3, 0.4) is 0 Å². The number of carbonyl (C=O) groups excluding carboxylic acids is 1. The molecule has 2 rings (SSSR count). The van der Waals surface area contributed by atoms with Gasteiger partial charge in [-0.25, -0.2) is 4.39 Å². The first-order chi connectivity index (χ1) is 9.49. The molecule has 2 aromatic rings. The minimum absolute atomic E-state index is 0.226. The van der Waals surface area contributed by atoms with Crippen LogP contribution in [0.2, 0.25) is 0 Å². The molecular formula is C14H16FN3O2. The van der Waals surface area contributed by atoms with Crippen LogP contribution in [0.4, 0.5) is 4.39 Å². The van der Waals surface area contributed by atoms with Crippen LogP contribution in [0.5, 0.6) is 5.75 Å². The summed E-state index contributed by atoms with van der Waals surface area (Å²) in [5, 5.41) is 18.9. The third-order valence-corrected chi connectivity index (χ3v) is 3.15. The number of aryl methyl sites for hydroxylation is 2. The zero-order valence-electron chi connectivity index (χ0n) is 11.3. The van der Waals surface area contributed by atoms with E-state index in [0.717, 1.165) is 29.1 Å². The Morgan fingerprint density at radius 2 is 2.20 bits per heavy atom. The van der Waals surface area contributed by atoms with Crippen molar-refractivity contribution in [3.05, 3.63) is 46.5 Å². The quantitative estimate of drug-likeness (QED) is 0.798. The summed E-state index contributed by atoms with van der Waals surface area (Å²) in [6.45, 7) is 4.27. The first kappa shape index (κ1) is 14.0. The van der Waals surface area contributed by atoms with Crippen molar-refractivity contribution in [2.24, 2.45) is 0 Å². The number of phenolic OH excluding ortho intramolecular Hbond substituents is 1. The van der Waals surface area contributed by atoms with Crippen molar-refractivity contribution in [3.8, 4) is 5.75 Å². The fourth-order valence-electron chi connectivity index (χ4n) is 2.00. The summed E-state index contributed by atoms with van der Waals surface area (Å²) in [7, 11) is 0. The molecule has 106 valence electrons. The molecule has 6 heteroatoms. The SMILES string of the molecule is Cc1n[nH]c(C)c1CCNC(=O)c1ccc(F)c(O)c1. The Morgan fingerprint density at radius 1 is 1.45 bits per heavy atom. The van der Waals surface area contributed by atoms with Crippen LogP contribution in [0, 0.1) is 19.7 Å². The minimum atomic E-state index is -0.744. The molecule has 5 nitrogen and oxygen atoms in total. The number of amides is 1. The van der Waals surface area contributed by atoms with E-state index in [2.05, 4.69) is 15.5 Å². The first-order valence-corrected chi connectivity index (χ1v) is 6.26. The smallest absolute Gasteiger partial charge is 0.251 e. The Morgan fingerprint density at radius 3 is 2.80 bits per heavy atom. The Labute approximate surface area is 115 Å². The topological polar surface area (TPSA) is 78.0 Å². The fourth-order valence-corrected chi connectivity index (χ4v) is 2.00. The fraction of sp³-hybridized carbons (Fsp3) is 0.286. The minimum Gasteiger partial charge on any atom is -0.505 e. The van der Waals surface area contributed by atoms with E-state index in [1.165, 1.54) is 6.07 Å². The molecule has 3 N–H and O–H groups in total. The first-order valence-electron chi connectivity index (χ1n) is 6.26. The highest BCUT2D eigenvalue weighted by molar-refractivity contribution is 5.94. The van der Waals surface area contributed by atoms with Gasteiger partial charge in [0.15, 0.2) is 11.6 Å². The monoisotopic (exact) mass is 277 g/mol. The molecule has 1 amide bonds. The van der Waals surface area contributed by atoms with Gasteiger partial charge >= 0.3 is 0 Å². The van der Waals surface area contributed by atoms with Crippen molar-refractivity contribution >= 4 is 5.91 Å². The Hall–Kier alpha value is -2.37. The second-order valence-electron chi connectivity index (χ2n) is 4.58. The zero-order valence-corrected chi connectivity index (χ0v) is 11.3. The normalized spacial score (nSPS) is 10.6. The average molecular weight is 277 g/mol. The summed E-state index contributed by atoms with van der Waals surface area (Å²) >= 11 is 0. The molecule has 0 fully saturated rings. The van der Waals surface area contributed by atoms with Gasteiger partial charge in [-0.05, 0) is 44.0 Å². The van der Waals surface area contributed by atoms with E-state index in [1.807, 2.05) is 13.8 Å². The van der Waals surface area contributed by atoms with E-state index in [-0.39, 0.29) is 11.5 Å². The van der Waals surface area contributed by atoms with Crippen molar-refractivity contribution in [2.45, 2.75) is 20.3 Å². The van der Waals surface area contributed by atoms with Crippen molar-refractivity contribution in [3.63, 3.8) is 0 Å². The molecule has 1 aromatic carbocycles. The molecule has 0 bridgehead atoms. The number of H-pyrrole nitrogens is 1. The molecular weight excluding hydrogens is 261 g/mol. The molecule has 0 unspecified atom stereocenters. The second-order valence-corrected chi connectivity index (χ2v) is 4.58. The molecule has 20 heavy (non-hydrogen) atoms. The molecule has 1 heterocycles. The Kier molecular flexibility index (Phi) is 4.02. The van der Waals surface area contributed by atoms with Gasteiger partial charge in [0.05, 0.1) is 5.69 Å². The number of nitrogens with one attached hydrogen (secondary N) is 2. The van der Waals surface area contributed by atoms with Crippen LogP contribution < -0.4 is 5.32 Å². The standard InChI is InChI=1S/C14H16FN3O2/c1-8-11(9(2)18-17-8)5-6-16-14(20)10-3-4-12(15)13(19)7-10/h3-4,7,19H,5-6H2,1-2H3,(H,16,20)(H,17,18). The highest BCUT2D eigenvalue weighted by atomic mass is 19.1. The number of aromatic hydroxyl groups is 1. The van der Waals surface area contributed by atoms with E-state index < -0.39 is 11.6 Å². The second kappa shape index (κ2) is 5.73. The van der Waals surface area contributed by atoms with Gasteiger partial charge in [-0.3, -0.25) is 9.89 Å². The maximum atomic E-state index is 12.9. The lowest BCUT2D eigenvalue weighted by atomic mass is 10.1. The van der Waals surface area contributed by atoms with Crippen molar-refractivity contribution in [1.82, 2.24) is 15.5 Å². The van der Waals surface area contributed by atoms with Crippen LogP contribution >= 0.6 is 0 Å². The lowest BCUT2D eigenvalue weighted by Gasteiger charge is -2.06. The van der Waals surface area contributed by atoms with Crippen molar-refractivity contribution in [2.75, 3.05) is 6.54 Å². The molecule has 0 radical (unpaired) electrons. The molecule has 0 aliphatic heterocycles. The summed E-state index contributed by atoms with van der Waals surface area (Å²) in [6.07, 6.45) is 0.660. The van der Waals surface area contributed by atoms with Gasteiger partial charge in [-0.15, -0.1) is 0 Å². The van der Waals surface area contributed by atoms with Gasteiger partial charge in [-0.1, -0.05) is 0 Å². The molecule has 0 saturated heterocycles. The number of phenols is 1.